The Hall–Kier alpha value is -1.85. The quantitative estimate of drug-likeness (QED) is 0.348. The Morgan fingerprint density at radius 2 is 1.89 bits per heavy atom. The van der Waals surface area contributed by atoms with E-state index < -0.39 is 0 Å². The summed E-state index contributed by atoms with van der Waals surface area (Å²) in [5.41, 5.74) is 3.54. The molecule has 0 amide bonds. The van der Waals surface area contributed by atoms with Gasteiger partial charge in [0.25, 0.3) is 0 Å². The van der Waals surface area contributed by atoms with E-state index in [1.54, 1.807) is 11.3 Å². The smallest absolute Gasteiger partial charge is 0.210 e. The van der Waals surface area contributed by atoms with Crippen LogP contribution in [0.4, 0.5) is 5.69 Å². The molecule has 1 aromatic carbocycles. The number of para-hydroxylation sites is 1. The highest BCUT2D eigenvalue weighted by atomic mass is 32.1. The highest BCUT2D eigenvalue weighted by molar-refractivity contribution is 7.11. The number of benzene rings is 1. The third kappa shape index (κ3) is 4.08. The lowest BCUT2D eigenvalue weighted by molar-refractivity contribution is 0.976. The number of aryl methyl sites for hydroxylation is 1. The van der Waals surface area contributed by atoms with Gasteiger partial charge in [-0.1, -0.05) is 25.1 Å². The molecule has 0 atom stereocenters. The van der Waals surface area contributed by atoms with Gasteiger partial charge in [0.1, 0.15) is 0 Å². The Morgan fingerprint density at radius 1 is 1.16 bits per heavy atom. The second-order valence-corrected chi connectivity index (χ2v) is 5.27. The zero-order chi connectivity index (χ0) is 13.5. The van der Waals surface area contributed by atoms with Gasteiger partial charge in [0.2, 0.25) is 5.96 Å². The number of nitrogens with two attached hydrogens (primary N) is 1. The van der Waals surface area contributed by atoms with Crippen molar-refractivity contribution in [1.29, 1.82) is 0 Å². The Labute approximate surface area is 117 Å². The molecule has 0 saturated carbocycles. The van der Waals surface area contributed by atoms with E-state index in [1.165, 1.54) is 9.75 Å². The van der Waals surface area contributed by atoms with Crippen molar-refractivity contribution in [2.24, 2.45) is 10.8 Å². The van der Waals surface area contributed by atoms with Gasteiger partial charge < -0.3 is 5.32 Å². The number of nitrogens with zero attached hydrogens (tertiary/aromatic N) is 1. The molecule has 0 aliphatic rings. The average Bonchev–Trinajstić information content (AvgIpc) is 2.92. The minimum Gasteiger partial charge on any atom is -0.325 e. The zero-order valence-electron chi connectivity index (χ0n) is 10.9. The molecule has 0 unspecified atom stereocenters. The van der Waals surface area contributed by atoms with Gasteiger partial charge in [-0.2, -0.15) is 0 Å². The molecule has 0 aliphatic heterocycles. The Balaban J connectivity index is 1.99. The van der Waals surface area contributed by atoms with E-state index in [1.807, 2.05) is 30.3 Å². The summed E-state index contributed by atoms with van der Waals surface area (Å²) in [6.07, 6.45) is 1.07. The Bertz CT molecular complexity index is 533. The van der Waals surface area contributed by atoms with Crippen molar-refractivity contribution in [1.82, 2.24) is 5.43 Å². The van der Waals surface area contributed by atoms with Gasteiger partial charge in [-0.3, -0.25) is 5.43 Å². The average molecular weight is 274 g/mol. The molecule has 4 N–H and O–H groups in total. The summed E-state index contributed by atoms with van der Waals surface area (Å²) in [4.78, 5) is 7.05. The fourth-order valence-corrected chi connectivity index (χ4v) is 2.52. The van der Waals surface area contributed by atoms with Gasteiger partial charge in [0.05, 0.1) is 6.54 Å². The number of hydrogen-bond acceptors (Lipinski definition) is 3. The van der Waals surface area contributed by atoms with Gasteiger partial charge >= 0.3 is 0 Å². The summed E-state index contributed by atoms with van der Waals surface area (Å²) < 4.78 is 0. The normalized spacial score (nSPS) is 11.4. The van der Waals surface area contributed by atoms with Crippen LogP contribution in [0.15, 0.2) is 47.5 Å². The lowest BCUT2D eigenvalue weighted by Gasteiger charge is -2.08. The van der Waals surface area contributed by atoms with E-state index in [0.717, 1.165) is 12.1 Å². The van der Waals surface area contributed by atoms with Crippen molar-refractivity contribution in [3.63, 3.8) is 0 Å². The minimum atomic E-state index is 0.567. The van der Waals surface area contributed by atoms with Gasteiger partial charge in [0, 0.05) is 15.4 Å². The Morgan fingerprint density at radius 3 is 2.53 bits per heavy atom. The summed E-state index contributed by atoms with van der Waals surface area (Å²) in [5.74, 6) is 6.04. The second-order valence-electron chi connectivity index (χ2n) is 4.02. The maximum Gasteiger partial charge on any atom is 0.210 e. The molecule has 4 nitrogen and oxygen atoms in total. The van der Waals surface area contributed by atoms with Crippen molar-refractivity contribution >= 4 is 23.0 Å². The first-order valence-corrected chi connectivity index (χ1v) is 7.04. The molecule has 100 valence electrons. The molecule has 0 radical (unpaired) electrons. The lowest BCUT2D eigenvalue weighted by Crippen LogP contribution is -2.36. The van der Waals surface area contributed by atoms with Crippen LogP contribution in [0.2, 0.25) is 0 Å². The molecule has 19 heavy (non-hydrogen) atoms. The van der Waals surface area contributed by atoms with Crippen molar-refractivity contribution in [3.05, 3.63) is 52.2 Å². The first kappa shape index (κ1) is 13.6. The van der Waals surface area contributed by atoms with E-state index in [4.69, 9.17) is 5.84 Å². The van der Waals surface area contributed by atoms with Crippen LogP contribution in [-0.2, 0) is 13.0 Å². The Kier molecular flexibility index (Phi) is 4.94. The molecular formula is C14H18N4S. The highest BCUT2D eigenvalue weighted by Crippen LogP contribution is 2.17. The molecule has 1 heterocycles. The maximum atomic E-state index is 5.48. The van der Waals surface area contributed by atoms with Crippen molar-refractivity contribution < 1.29 is 0 Å². The molecule has 0 bridgehead atoms. The van der Waals surface area contributed by atoms with E-state index in [2.05, 4.69) is 34.8 Å². The standard InChI is InChI=1S/C14H18N4S/c1-2-12-8-9-13(19-12)10-16-14(18-15)17-11-6-4-3-5-7-11/h3-9H,2,10,15H2,1H3,(H2,16,17,18). The van der Waals surface area contributed by atoms with Crippen molar-refractivity contribution in [2.45, 2.75) is 19.9 Å². The monoisotopic (exact) mass is 274 g/mol. The van der Waals surface area contributed by atoms with Crippen molar-refractivity contribution in [3.8, 4) is 0 Å². The van der Waals surface area contributed by atoms with E-state index >= 15 is 0 Å². The van der Waals surface area contributed by atoms with Gasteiger partial charge in [-0.15, -0.1) is 11.3 Å². The van der Waals surface area contributed by atoms with E-state index in [9.17, 15) is 0 Å². The number of rotatable bonds is 4. The molecule has 1 aromatic heterocycles. The van der Waals surface area contributed by atoms with Gasteiger partial charge in [-0.25, -0.2) is 10.8 Å². The predicted molar refractivity (Wildman–Crippen MR) is 82.2 cm³/mol. The largest absolute Gasteiger partial charge is 0.325 e. The molecule has 2 aromatic rings. The molecule has 0 spiro atoms. The first-order chi connectivity index (χ1) is 9.31. The lowest BCUT2D eigenvalue weighted by atomic mass is 10.3. The second kappa shape index (κ2) is 6.92. The predicted octanol–water partition coefficient (Wildman–Crippen LogP) is 2.74. The summed E-state index contributed by atoms with van der Waals surface area (Å²) in [7, 11) is 0. The summed E-state index contributed by atoms with van der Waals surface area (Å²) in [6, 6.07) is 14.1. The fourth-order valence-electron chi connectivity index (χ4n) is 1.63. The molecular weight excluding hydrogens is 256 g/mol. The summed E-state index contributed by atoms with van der Waals surface area (Å²) in [6.45, 7) is 2.78. The first-order valence-electron chi connectivity index (χ1n) is 6.22. The maximum absolute atomic E-state index is 5.48. The zero-order valence-corrected chi connectivity index (χ0v) is 11.7. The molecule has 0 fully saturated rings. The van der Waals surface area contributed by atoms with Crippen LogP contribution in [0.5, 0.6) is 0 Å². The number of nitrogens with one attached hydrogen (secondary N) is 2. The van der Waals surface area contributed by atoms with Crippen LogP contribution in [0.25, 0.3) is 0 Å². The number of anilines is 1. The third-order valence-electron chi connectivity index (χ3n) is 2.63. The fraction of sp³-hybridized carbons (Fsp3) is 0.214. The molecule has 2 rings (SSSR count). The molecule has 0 aliphatic carbocycles. The number of aliphatic imine (C=N–C) groups is 1. The van der Waals surface area contributed by atoms with Crippen LogP contribution in [0, 0.1) is 0 Å². The number of hydrazine groups is 1. The van der Waals surface area contributed by atoms with Crippen molar-refractivity contribution in [2.75, 3.05) is 5.32 Å². The van der Waals surface area contributed by atoms with Crippen LogP contribution in [-0.4, -0.2) is 5.96 Å². The van der Waals surface area contributed by atoms with E-state index in [0.29, 0.717) is 12.5 Å². The number of hydrogen-bond donors (Lipinski definition) is 3. The van der Waals surface area contributed by atoms with Crippen LogP contribution >= 0.6 is 11.3 Å². The summed E-state index contributed by atoms with van der Waals surface area (Å²) in [5, 5.41) is 3.14. The number of guanidine groups is 1. The highest BCUT2D eigenvalue weighted by Gasteiger charge is 2.00. The minimum absolute atomic E-state index is 0.567. The summed E-state index contributed by atoms with van der Waals surface area (Å²) >= 11 is 1.79. The SMILES string of the molecule is CCc1ccc(CN=C(NN)Nc2ccccc2)s1. The van der Waals surface area contributed by atoms with E-state index in [-0.39, 0.29) is 0 Å². The number of thiophene rings is 1. The topological polar surface area (TPSA) is 62.4 Å². The van der Waals surface area contributed by atoms with Gasteiger partial charge in [0.15, 0.2) is 0 Å². The van der Waals surface area contributed by atoms with Crippen LogP contribution in [0.1, 0.15) is 16.7 Å². The third-order valence-corrected chi connectivity index (χ3v) is 3.85. The van der Waals surface area contributed by atoms with Gasteiger partial charge in [-0.05, 0) is 30.7 Å². The van der Waals surface area contributed by atoms with Crippen LogP contribution in [0.3, 0.4) is 0 Å². The molecule has 0 saturated heterocycles. The molecule has 5 heteroatoms. The van der Waals surface area contributed by atoms with Crippen LogP contribution < -0.4 is 16.6 Å².